The molecule has 0 saturated heterocycles. The summed E-state index contributed by atoms with van der Waals surface area (Å²) in [5.41, 5.74) is -0.857. The zero-order chi connectivity index (χ0) is 13.6. The molecular weight excluding hydrogens is 258 g/mol. The van der Waals surface area contributed by atoms with Crippen LogP contribution < -0.4 is 0 Å². The van der Waals surface area contributed by atoms with Crippen molar-refractivity contribution in [2.45, 2.75) is 6.42 Å². The van der Waals surface area contributed by atoms with Crippen LogP contribution in [0.2, 0.25) is 0 Å². The Morgan fingerprint density at radius 2 is 1.33 bits per heavy atom. The first-order valence-electron chi connectivity index (χ1n) is 4.81. The van der Waals surface area contributed by atoms with Crippen molar-refractivity contribution in [3.8, 4) is 0 Å². The molecule has 0 fully saturated rings. The van der Waals surface area contributed by atoms with Gasteiger partial charge in [0.25, 0.3) is 0 Å². The van der Waals surface area contributed by atoms with E-state index in [1.165, 1.54) is 0 Å². The lowest BCUT2D eigenvalue weighted by molar-refractivity contribution is 0.474. The monoisotopic (exact) mass is 263 g/mol. The first-order valence-corrected chi connectivity index (χ1v) is 4.81. The lowest BCUT2D eigenvalue weighted by Crippen LogP contribution is -2.04. The van der Waals surface area contributed by atoms with Crippen LogP contribution in [0, 0.1) is 41.8 Å². The van der Waals surface area contributed by atoms with Gasteiger partial charge in [0.15, 0.2) is 23.3 Å². The standard InChI is InChI=1S/C12H5F6/c1-2-4-9(15)8-7(12(18)10(4)16)5(13)3-6(14)11(8)17/h3H,1-2H2. The maximum Gasteiger partial charge on any atom is 0.170 e. The molecule has 0 aliphatic rings. The molecule has 2 aromatic rings. The zero-order valence-electron chi connectivity index (χ0n) is 8.76. The van der Waals surface area contributed by atoms with Crippen LogP contribution in [0.3, 0.4) is 0 Å². The normalized spacial score (nSPS) is 11.3. The third-order valence-corrected chi connectivity index (χ3v) is 2.58. The van der Waals surface area contributed by atoms with E-state index in [2.05, 4.69) is 6.92 Å². The molecule has 95 valence electrons. The summed E-state index contributed by atoms with van der Waals surface area (Å²) < 4.78 is 80.2. The van der Waals surface area contributed by atoms with E-state index in [1.54, 1.807) is 0 Å². The second-order valence-corrected chi connectivity index (χ2v) is 3.57. The molecular formula is C12H5F6. The smallest absolute Gasteiger partial charge is 0.170 e. The van der Waals surface area contributed by atoms with Gasteiger partial charge in [-0.15, -0.1) is 0 Å². The first-order chi connectivity index (χ1) is 8.40. The van der Waals surface area contributed by atoms with Gasteiger partial charge in [-0.05, 0) is 13.3 Å². The Labute approximate surface area is 97.8 Å². The van der Waals surface area contributed by atoms with Crippen molar-refractivity contribution in [1.82, 2.24) is 0 Å². The van der Waals surface area contributed by atoms with Gasteiger partial charge in [-0.1, -0.05) is 0 Å². The highest BCUT2D eigenvalue weighted by Gasteiger charge is 2.25. The maximum atomic E-state index is 13.7. The van der Waals surface area contributed by atoms with E-state index in [9.17, 15) is 26.3 Å². The van der Waals surface area contributed by atoms with E-state index in [0.717, 1.165) is 0 Å². The van der Waals surface area contributed by atoms with Crippen LogP contribution in [-0.2, 0) is 6.42 Å². The van der Waals surface area contributed by atoms with Crippen LogP contribution in [0.15, 0.2) is 6.07 Å². The predicted molar refractivity (Wildman–Crippen MR) is 52.8 cm³/mol. The molecule has 0 nitrogen and oxygen atoms in total. The topological polar surface area (TPSA) is 0 Å². The van der Waals surface area contributed by atoms with Gasteiger partial charge in [-0.3, -0.25) is 0 Å². The summed E-state index contributed by atoms with van der Waals surface area (Å²) in [5.74, 6) is -9.98. The molecule has 0 unspecified atom stereocenters. The molecule has 0 aliphatic heterocycles. The molecule has 18 heavy (non-hydrogen) atoms. The number of hydrogen-bond donors (Lipinski definition) is 0. The minimum atomic E-state index is -1.77. The van der Waals surface area contributed by atoms with Crippen LogP contribution in [0.4, 0.5) is 26.3 Å². The third-order valence-electron chi connectivity index (χ3n) is 2.58. The number of fused-ring (bicyclic) bond motifs is 1. The van der Waals surface area contributed by atoms with Gasteiger partial charge in [0.1, 0.15) is 11.6 Å². The summed E-state index contributed by atoms with van der Waals surface area (Å²) in [4.78, 5) is 0. The lowest BCUT2D eigenvalue weighted by Gasteiger charge is -2.10. The van der Waals surface area contributed by atoms with Crippen LogP contribution in [0.5, 0.6) is 0 Å². The molecule has 0 saturated carbocycles. The fraction of sp³-hybridized carbons (Fsp3) is 0.0833. The van der Waals surface area contributed by atoms with Crippen LogP contribution >= 0.6 is 0 Å². The van der Waals surface area contributed by atoms with Gasteiger partial charge < -0.3 is 0 Å². The average Bonchev–Trinajstić information content (AvgIpc) is 2.31. The highest BCUT2D eigenvalue weighted by atomic mass is 19.2. The maximum absolute atomic E-state index is 13.7. The second-order valence-electron chi connectivity index (χ2n) is 3.57. The van der Waals surface area contributed by atoms with E-state index in [-0.39, 0.29) is 6.07 Å². The van der Waals surface area contributed by atoms with E-state index < -0.39 is 57.7 Å². The van der Waals surface area contributed by atoms with Crippen molar-refractivity contribution in [1.29, 1.82) is 0 Å². The Bertz CT molecular complexity index is 647. The summed E-state index contributed by atoms with van der Waals surface area (Å²) in [5, 5.41) is -2.49. The fourth-order valence-electron chi connectivity index (χ4n) is 1.73. The zero-order valence-corrected chi connectivity index (χ0v) is 8.76. The van der Waals surface area contributed by atoms with E-state index in [4.69, 9.17) is 0 Å². The first kappa shape index (κ1) is 12.7. The molecule has 0 spiro atoms. The average molecular weight is 263 g/mol. The molecule has 0 bridgehead atoms. The van der Waals surface area contributed by atoms with Crippen molar-refractivity contribution in [3.05, 3.63) is 53.5 Å². The minimum Gasteiger partial charge on any atom is -0.206 e. The molecule has 0 aliphatic carbocycles. The van der Waals surface area contributed by atoms with Gasteiger partial charge in [-0.25, -0.2) is 26.3 Å². The van der Waals surface area contributed by atoms with Crippen LogP contribution in [0.1, 0.15) is 5.56 Å². The van der Waals surface area contributed by atoms with Gasteiger partial charge in [0, 0.05) is 11.6 Å². The second kappa shape index (κ2) is 4.19. The van der Waals surface area contributed by atoms with E-state index in [1.807, 2.05) is 0 Å². The lowest BCUT2D eigenvalue weighted by atomic mass is 10.0. The number of hydrogen-bond acceptors (Lipinski definition) is 0. The van der Waals surface area contributed by atoms with Crippen molar-refractivity contribution < 1.29 is 26.3 Å². The Morgan fingerprint density at radius 1 is 0.722 bits per heavy atom. The Balaban J connectivity index is 3.12. The molecule has 1 radical (unpaired) electrons. The van der Waals surface area contributed by atoms with Crippen molar-refractivity contribution >= 4 is 10.8 Å². The number of rotatable bonds is 1. The molecule has 6 heteroatoms. The summed E-state index contributed by atoms with van der Waals surface area (Å²) in [6, 6.07) is 0.0312. The van der Waals surface area contributed by atoms with Crippen molar-refractivity contribution in [3.63, 3.8) is 0 Å². The number of halogens is 6. The third kappa shape index (κ3) is 1.55. The van der Waals surface area contributed by atoms with Gasteiger partial charge in [0.2, 0.25) is 0 Å². The van der Waals surface area contributed by atoms with Crippen molar-refractivity contribution in [2.75, 3.05) is 0 Å². The number of benzene rings is 2. The molecule has 2 rings (SSSR count). The van der Waals surface area contributed by atoms with Gasteiger partial charge >= 0.3 is 0 Å². The SMILES string of the molecule is [CH2]Cc1c(F)c(F)c2c(F)cc(F)c(F)c2c1F. The largest absolute Gasteiger partial charge is 0.206 e. The summed E-state index contributed by atoms with van der Waals surface area (Å²) >= 11 is 0. The summed E-state index contributed by atoms with van der Waals surface area (Å²) in [6.45, 7) is 3.14. The van der Waals surface area contributed by atoms with Gasteiger partial charge in [-0.2, -0.15) is 0 Å². The molecule has 0 amide bonds. The summed E-state index contributed by atoms with van der Waals surface area (Å²) in [7, 11) is 0. The van der Waals surface area contributed by atoms with E-state index >= 15 is 0 Å². The van der Waals surface area contributed by atoms with Gasteiger partial charge in [0.05, 0.1) is 10.8 Å². The van der Waals surface area contributed by atoms with E-state index in [0.29, 0.717) is 0 Å². The predicted octanol–water partition coefficient (Wildman–Crippen LogP) is 4.05. The minimum absolute atomic E-state index is 0.0312. The molecule has 0 aromatic heterocycles. The Kier molecular flexibility index (Phi) is 2.96. The van der Waals surface area contributed by atoms with Crippen LogP contribution in [-0.4, -0.2) is 0 Å². The molecule has 0 N–H and O–H groups in total. The molecule has 0 atom stereocenters. The molecule has 0 heterocycles. The van der Waals surface area contributed by atoms with Crippen LogP contribution in [0.25, 0.3) is 10.8 Å². The quantitative estimate of drug-likeness (QED) is 0.538. The van der Waals surface area contributed by atoms with Crippen molar-refractivity contribution in [2.24, 2.45) is 0 Å². The summed E-state index contributed by atoms with van der Waals surface area (Å²) in [6.07, 6.45) is -0.526. The highest BCUT2D eigenvalue weighted by molar-refractivity contribution is 5.86. The Morgan fingerprint density at radius 3 is 1.89 bits per heavy atom. The highest BCUT2D eigenvalue weighted by Crippen LogP contribution is 2.32. The Hall–Kier alpha value is -1.72. The molecule has 2 aromatic carbocycles. The fourth-order valence-corrected chi connectivity index (χ4v) is 1.73.